The topological polar surface area (TPSA) is 29.3 Å². The van der Waals surface area contributed by atoms with E-state index in [9.17, 15) is 0 Å². The lowest BCUT2D eigenvalue weighted by atomic mass is 10.0. The number of hydrogen-bond donors (Lipinski definition) is 1. The van der Waals surface area contributed by atoms with E-state index < -0.39 is 0 Å². The maximum Gasteiger partial charge on any atom is 0.0321 e. The molecule has 0 spiro atoms. The van der Waals surface area contributed by atoms with Crippen molar-refractivity contribution in [3.05, 3.63) is 33.4 Å². The Balaban J connectivity index is 2.04. The summed E-state index contributed by atoms with van der Waals surface area (Å²) in [5, 5.41) is 0. The molecule has 0 amide bonds. The number of nitrogens with zero attached hydrogens (tertiary/aromatic N) is 1. The van der Waals surface area contributed by atoms with E-state index in [0.29, 0.717) is 12.1 Å². The molecule has 3 heteroatoms. The van der Waals surface area contributed by atoms with Gasteiger partial charge >= 0.3 is 0 Å². The first-order valence-corrected chi connectivity index (χ1v) is 6.00. The summed E-state index contributed by atoms with van der Waals surface area (Å²) in [5.41, 5.74) is 7.15. The molecule has 1 fully saturated rings. The van der Waals surface area contributed by atoms with E-state index in [1.165, 1.54) is 9.13 Å². The van der Waals surface area contributed by atoms with E-state index >= 15 is 0 Å². The summed E-state index contributed by atoms with van der Waals surface area (Å²) in [6.45, 7) is 4.31. The van der Waals surface area contributed by atoms with Gasteiger partial charge in [-0.1, -0.05) is 12.1 Å². The third-order valence-electron chi connectivity index (χ3n) is 2.84. The summed E-state index contributed by atoms with van der Waals surface area (Å²) in [4.78, 5) is 2.41. The Morgan fingerprint density at radius 2 is 1.93 bits per heavy atom. The highest BCUT2D eigenvalue weighted by molar-refractivity contribution is 14.1. The zero-order valence-electron chi connectivity index (χ0n) is 8.28. The molecule has 0 bridgehead atoms. The Kier molecular flexibility index (Phi) is 3.09. The predicted octanol–water partition coefficient (Wildman–Crippen LogP) is 2.00. The molecule has 2 nitrogen and oxygen atoms in total. The quantitative estimate of drug-likeness (QED) is 0.847. The Labute approximate surface area is 98.6 Å². The van der Waals surface area contributed by atoms with Gasteiger partial charge in [0.05, 0.1) is 0 Å². The van der Waals surface area contributed by atoms with Crippen molar-refractivity contribution in [3.8, 4) is 0 Å². The second-order valence-corrected chi connectivity index (χ2v) is 5.19. The van der Waals surface area contributed by atoms with Crippen LogP contribution in [0.3, 0.4) is 0 Å². The van der Waals surface area contributed by atoms with Crippen LogP contribution in [-0.2, 0) is 0 Å². The van der Waals surface area contributed by atoms with Crippen LogP contribution in [0.5, 0.6) is 0 Å². The van der Waals surface area contributed by atoms with Gasteiger partial charge in [0, 0.05) is 28.7 Å². The molecule has 1 unspecified atom stereocenters. The summed E-state index contributed by atoms with van der Waals surface area (Å²) in [6, 6.07) is 9.62. The average Bonchev–Trinajstić information content (AvgIpc) is 2.13. The molecule has 1 heterocycles. The average molecular weight is 302 g/mol. The number of hydrogen-bond acceptors (Lipinski definition) is 2. The summed E-state index contributed by atoms with van der Waals surface area (Å²) in [7, 11) is 0. The highest BCUT2D eigenvalue weighted by Gasteiger charge is 2.27. The predicted molar refractivity (Wildman–Crippen MR) is 67.1 cm³/mol. The second kappa shape index (κ2) is 4.16. The van der Waals surface area contributed by atoms with E-state index in [-0.39, 0.29) is 0 Å². The molecule has 14 heavy (non-hydrogen) atoms. The number of rotatable bonds is 2. The standard InChI is InChI=1S/C11H15IN2/c1-8(14-6-11(13)7-14)9-2-4-10(12)5-3-9/h2-5,8,11H,6-7,13H2,1H3. The van der Waals surface area contributed by atoms with Gasteiger partial charge in [-0.15, -0.1) is 0 Å². The lowest BCUT2D eigenvalue weighted by molar-refractivity contribution is 0.103. The molecular weight excluding hydrogens is 287 g/mol. The van der Waals surface area contributed by atoms with Gasteiger partial charge < -0.3 is 5.73 Å². The monoisotopic (exact) mass is 302 g/mol. The van der Waals surface area contributed by atoms with Crippen LogP contribution in [0, 0.1) is 3.57 Å². The van der Waals surface area contributed by atoms with Gasteiger partial charge in [0.15, 0.2) is 0 Å². The molecule has 1 aromatic rings. The molecule has 1 atom stereocenters. The van der Waals surface area contributed by atoms with Gasteiger partial charge in [0.1, 0.15) is 0 Å². The van der Waals surface area contributed by atoms with E-state index in [4.69, 9.17) is 5.73 Å². The van der Waals surface area contributed by atoms with E-state index in [2.05, 4.69) is 58.7 Å². The Bertz CT molecular complexity index is 304. The van der Waals surface area contributed by atoms with Crippen LogP contribution in [0.15, 0.2) is 24.3 Å². The third-order valence-corrected chi connectivity index (χ3v) is 3.56. The molecule has 0 saturated carbocycles. The van der Waals surface area contributed by atoms with E-state index in [0.717, 1.165) is 13.1 Å². The lowest BCUT2D eigenvalue weighted by Crippen LogP contribution is -2.56. The first kappa shape index (κ1) is 10.4. The largest absolute Gasteiger partial charge is 0.325 e. The summed E-state index contributed by atoms with van der Waals surface area (Å²) in [6.07, 6.45) is 0. The van der Waals surface area contributed by atoms with Gasteiger partial charge in [0.25, 0.3) is 0 Å². The van der Waals surface area contributed by atoms with Gasteiger partial charge in [-0.2, -0.15) is 0 Å². The minimum Gasteiger partial charge on any atom is -0.325 e. The minimum atomic E-state index is 0.390. The molecule has 1 aliphatic rings. The zero-order chi connectivity index (χ0) is 10.1. The number of benzene rings is 1. The SMILES string of the molecule is CC(c1ccc(I)cc1)N1CC(N)C1. The maximum atomic E-state index is 5.77. The number of halogens is 1. The normalized spacial score (nSPS) is 20.5. The molecule has 1 aromatic carbocycles. The van der Waals surface area contributed by atoms with Crippen LogP contribution in [-0.4, -0.2) is 24.0 Å². The van der Waals surface area contributed by atoms with Crippen molar-refractivity contribution >= 4 is 22.6 Å². The van der Waals surface area contributed by atoms with Crippen molar-refractivity contribution in [3.63, 3.8) is 0 Å². The summed E-state index contributed by atoms with van der Waals surface area (Å²) in [5.74, 6) is 0. The minimum absolute atomic E-state index is 0.390. The molecule has 1 aliphatic heterocycles. The number of likely N-dealkylation sites (tertiary alicyclic amines) is 1. The molecule has 0 aliphatic carbocycles. The highest BCUT2D eigenvalue weighted by Crippen LogP contribution is 2.24. The van der Waals surface area contributed by atoms with Crippen molar-refractivity contribution in [2.75, 3.05) is 13.1 Å². The van der Waals surface area contributed by atoms with E-state index in [1.54, 1.807) is 0 Å². The molecule has 76 valence electrons. The summed E-state index contributed by atoms with van der Waals surface area (Å²) >= 11 is 2.33. The molecule has 2 N–H and O–H groups in total. The molecule has 0 aromatic heterocycles. The summed E-state index contributed by atoms with van der Waals surface area (Å²) < 4.78 is 1.29. The van der Waals surface area contributed by atoms with Crippen molar-refractivity contribution in [1.82, 2.24) is 4.90 Å². The van der Waals surface area contributed by atoms with Gasteiger partial charge in [-0.05, 0) is 47.2 Å². The van der Waals surface area contributed by atoms with Crippen LogP contribution in [0.25, 0.3) is 0 Å². The Morgan fingerprint density at radius 1 is 1.36 bits per heavy atom. The van der Waals surface area contributed by atoms with Crippen molar-refractivity contribution in [1.29, 1.82) is 0 Å². The fourth-order valence-electron chi connectivity index (χ4n) is 1.82. The van der Waals surface area contributed by atoms with Crippen LogP contribution in [0.2, 0.25) is 0 Å². The van der Waals surface area contributed by atoms with Gasteiger partial charge in [-0.25, -0.2) is 0 Å². The van der Waals surface area contributed by atoms with Crippen LogP contribution in [0.4, 0.5) is 0 Å². The van der Waals surface area contributed by atoms with Crippen molar-refractivity contribution in [2.45, 2.75) is 19.0 Å². The molecule has 0 radical (unpaired) electrons. The molecule has 1 saturated heterocycles. The lowest BCUT2D eigenvalue weighted by Gasteiger charge is -2.41. The molecule has 2 rings (SSSR count). The second-order valence-electron chi connectivity index (χ2n) is 3.94. The van der Waals surface area contributed by atoms with Crippen molar-refractivity contribution < 1.29 is 0 Å². The van der Waals surface area contributed by atoms with E-state index in [1.807, 2.05) is 0 Å². The van der Waals surface area contributed by atoms with Crippen LogP contribution in [0.1, 0.15) is 18.5 Å². The van der Waals surface area contributed by atoms with Gasteiger partial charge in [0.2, 0.25) is 0 Å². The fourth-order valence-corrected chi connectivity index (χ4v) is 2.18. The maximum absolute atomic E-state index is 5.77. The highest BCUT2D eigenvalue weighted by atomic mass is 127. The first-order chi connectivity index (χ1) is 6.66. The first-order valence-electron chi connectivity index (χ1n) is 4.92. The van der Waals surface area contributed by atoms with Crippen LogP contribution >= 0.6 is 22.6 Å². The smallest absolute Gasteiger partial charge is 0.0321 e. The Hall–Kier alpha value is -0.130. The Morgan fingerprint density at radius 3 is 2.43 bits per heavy atom. The molecular formula is C11H15IN2. The fraction of sp³-hybridized carbons (Fsp3) is 0.455. The number of nitrogens with two attached hydrogens (primary N) is 1. The zero-order valence-corrected chi connectivity index (χ0v) is 10.4. The third kappa shape index (κ3) is 2.10. The van der Waals surface area contributed by atoms with Gasteiger partial charge in [-0.3, -0.25) is 4.90 Å². The van der Waals surface area contributed by atoms with Crippen LogP contribution < -0.4 is 5.73 Å². The van der Waals surface area contributed by atoms with Crippen molar-refractivity contribution in [2.24, 2.45) is 5.73 Å².